The fourth-order valence-corrected chi connectivity index (χ4v) is 3.69. The van der Waals surface area contributed by atoms with Gasteiger partial charge in [0.2, 0.25) is 0 Å². The lowest BCUT2D eigenvalue weighted by molar-refractivity contribution is 0.648. The number of hydrogen-bond donors (Lipinski definition) is 2. The number of nitrogens with one attached hydrogen (secondary N) is 2. The van der Waals surface area contributed by atoms with E-state index in [9.17, 15) is 0 Å². The van der Waals surface area contributed by atoms with Gasteiger partial charge in [-0.15, -0.1) is 34.2 Å². The van der Waals surface area contributed by atoms with Crippen molar-refractivity contribution < 1.29 is 0 Å². The zero-order valence-electron chi connectivity index (χ0n) is 16.3. The molecule has 1 aromatic carbocycles. The molecule has 9 heteroatoms. The third-order valence-corrected chi connectivity index (χ3v) is 5.36. The summed E-state index contributed by atoms with van der Waals surface area (Å²) in [7, 11) is 0. The molecular formula is C20H25BrIN7. The molecule has 4 rings (SSSR count). The van der Waals surface area contributed by atoms with Gasteiger partial charge in [-0.25, -0.2) is 4.99 Å². The maximum Gasteiger partial charge on any atom is 0.191 e. The number of rotatable bonds is 5. The smallest absolute Gasteiger partial charge is 0.191 e. The van der Waals surface area contributed by atoms with Crippen molar-refractivity contribution in [3.8, 4) is 0 Å². The molecule has 0 saturated carbocycles. The SMILES string of the molecule is CCNC(=NCc1nnc2ccccn12)NC1CCN(c2ccc(Br)cc2)C1.I. The van der Waals surface area contributed by atoms with Crippen LogP contribution < -0.4 is 15.5 Å². The molecule has 0 aliphatic carbocycles. The zero-order valence-corrected chi connectivity index (χ0v) is 20.2. The minimum absolute atomic E-state index is 0. The number of guanidine groups is 1. The first-order valence-corrected chi connectivity index (χ1v) is 10.4. The second-order valence-electron chi connectivity index (χ2n) is 6.79. The highest BCUT2D eigenvalue weighted by Gasteiger charge is 2.23. The molecule has 1 aliphatic rings. The predicted octanol–water partition coefficient (Wildman–Crippen LogP) is 3.44. The monoisotopic (exact) mass is 569 g/mol. The second kappa shape index (κ2) is 10.2. The summed E-state index contributed by atoms with van der Waals surface area (Å²) in [4.78, 5) is 7.13. The van der Waals surface area contributed by atoms with Crippen molar-refractivity contribution in [3.63, 3.8) is 0 Å². The molecule has 2 aromatic heterocycles. The van der Waals surface area contributed by atoms with Crippen LogP contribution in [0.1, 0.15) is 19.2 Å². The maximum absolute atomic E-state index is 4.73. The van der Waals surface area contributed by atoms with Crippen LogP contribution in [-0.2, 0) is 6.54 Å². The lowest BCUT2D eigenvalue weighted by Gasteiger charge is -2.20. The highest BCUT2D eigenvalue weighted by atomic mass is 127. The molecule has 0 amide bonds. The summed E-state index contributed by atoms with van der Waals surface area (Å²) in [5, 5.41) is 15.4. The average Bonchev–Trinajstić information content (AvgIpc) is 3.34. The van der Waals surface area contributed by atoms with Crippen molar-refractivity contribution in [2.45, 2.75) is 25.9 Å². The summed E-state index contributed by atoms with van der Waals surface area (Å²) in [6, 6.07) is 14.7. The maximum atomic E-state index is 4.73. The Morgan fingerprint density at radius 1 is 1.21 bits per heavy atom. The van der Waals surface area contributed by atoms with E-state index in [1.165, 1.54) is 5.69 Å². The van der Waals surface area contributed by atoms with Gasteiger partial charge in [0, 0.05) is 42.0 Å². The van der Waals surface area contributed by atoms with Crippen LogP contribution in [0.3, 0.4) is 0 Å². The van der Waals surface area contributed by atoms with Crippen molar-refractivity contribution in [1.82, 2.24) is 25.2 Å². The van der Waals surface area contributed by atoms with Gasteiger partial charge < -0.3 is 15.5 Å². The van der Waals surface area contributed by atoms with Crippen molar-refractivity contribution in [2.75, 3.05) is 24.5 Å². The third-order valence-electron chi connectivity index (χ3n) is 4.83. The number of hydrogen-bond acceptors (Lipinski definition) is 4. The van der Waals surface area contributed by atoms with E-state index < -0.39 is 0 Å². The molecule has 0 spiro atoms. The standard InChI is InChI=1S/C20H24BrN7.HI/c1-2-22-20(23-13-19-26-25-18-5-3-4-11-28(18)19)24-16-10-12-27(14-16)17-8-6-15(21)7-9-17;/h3-9,11,16H,2,10,12-14H2,1H3,(H2,22,23,24);1H. The van der Waals surface area contributed by atoms with Crippen molar-refractivity contribution >= 4 is 57.2 Å². The number of halogens is 2. The van der Waals surface area contributed by atoms with Crippen LogP contribution in [0.5, 0.6) is 0 Å². The minimum atomic E-state index is 0. The number of aliphatic imine (C=N–C) groups is 1. The quantitative estimate of drug-likeness (QED) is 0.280. The second-order valence-corrected chi connectivity index (χ2v) is 7.71. The van der Waals surface area contributed by atoms with E-state index in [-0.39, 0.29) is 24.0 Å². The number of aromatic nitrogens is 3. The Labute approximate surface area is 196 Å². The highest BCUT2D eigenvalue weighted by Crippen LogP contribution is 2.22. The van der Waals surface area contributed by atoms with Gasteiger partial charge in [0.25, 0.3) is 0 Å². The van der Waals surface area contributed by atoms with Gasteiger partial charge in [-0.1, -0.05) is 22.0 Å². The zero-order chi connectivity index (χ0) is 19.3. The van der Waals surface area contributed by atoms with Gasteiger partial charge in [-0.2, -0.15) is 0 Å². The lowest BCUT2D eigenvalue weighted by Crippen LogP contribution is -2.44. The Kier molecular flexibility index (Phi) is 7.70. The van der Waals surface area contributed by atoms with Crippen molar-refractivity contribution in [3.05, 3.63) is 59.0 Å². The molecule has 3 heterocycles. The lowest BCUT2D eigenvalue weighted by atomic mass is 10.3. The summed E-state index contributed by atoms with van der Waals surface area (Å²) in [5.41, 5.74) is 2.09. The molecule has 0 bridgehead atoms. The third kappa shape index (κ3) is 5.39. The number of pyridine rings is 1. The van der Waals surface area contributed by atoms with Crippen LogP contribution in [0.4, 0.5) is 5.69 Å². The Bertz CT molecular complexity index is 957. The molecule has 3 aromatic rings. The fraction of sp³-hybridized carbons (Fsp3) is 0.350. The molecule has 1 aliphatic heterocycles. The van der Waals surface area contributed by atoms with E-state index in [0.29, 0.717) is 12.6 Å². The summed E-state index contributed by atoms with van der Waals surface area (Å²) in [6.07, 6.45) is 3.04. The largest absolute Gasteiger partial charge is 0.369 e. The summed E-state index contributed by atoms with van der Waals surface area (Å²) in [6.45, 7) is 5.36. The molecule has 2 N–H and O–H groups in total. The van der Waals surface area contributed by atoms with Gasteiger partial charge in [0.05, 0.1) is 0 Å². The molecule has 0 radical (unpaired) electrons. The molecule has 1 atom stereocenters. The number of nitrogens with zero attached hydrogens (tertiary/aromatic N) is 5. The molecule has 1 unspecified atom stereocenters. The van der Waals surface area contributed by atoms with Gasteiger partial charge in [0.15, 0.2) is 17.4 Å². The molecular weight excluding hydrogens is 545 g/mol. The van der Waals surface area contributed by atoms with Crippen molar-refractivity contribution in [1.29, 1.82) is 0 Å². The van der Waals surface area contributed by atoms with E-state index >= 15 is 0 Å². The first-order valence-electron chi connectivity index (χ1n) is 9.57. The normalized spacial score (nSPS) is 16.7. The first kappa shape index (κ1) is 21.8. The molecule has 7 nitrogen and oxygen atoms in total. The Balaban J connectivity index is 0.00000240. The van der Waals surface area contributed by atoms with Crippen LogP contribution in [0.15, 0.2) is 58.1 Å². The molecule has 1 fully saturated rings. The Morgan fingerprint density at radius 3 is 2.83 bits per heavy atom. The Morgan fingerprint density at radius 2 is 2.03 bits per heavy atom. The van der Waals surface area contributed by atoms with E-state index in [2.05, 4.69) is 72.8 Å². The van der Waals surface area contributed by atoms with E-state index in [0.717, 1.165) is 48.0 Å². The molecule has 1 saturated heterocycles. The van der Waals surface area contributed by atoms with Crippen LogP contribution in [0.25, 0.3) is 5.65 Å². The molecule has 154 valence electrons. The van der Waals surface area contributed by atoms with Gasteiger partial charge in [-0.3, -0.25) is 4.40 Å². The summed E-state index contributed by atoms with van der Waals surface area (Å²) < 4.78 is 3.07. The van der Waals surface area contributed by atoms with Crippen LogP contribution in [-0.4, -0.2) is 46.2 Å². The topological polar surface area (TPSA) is 69.8 Å². The summed E-state index contributed by atoms with van der Waals surface area (Å²) in [5.74, 6) is 1.65. The van der Waals surface area contributed by atoms with E-state index in [1.807, 2.05) is 28.8 Å². The number of anilines is 1. The van der Waals surface area contributed by atoms with E-state index in [4.69, 9.17) is 4.99 Å². The summed E-state index contributed by atoms with van der Waals surface area (Å²) >= 11 is 3.50. The highest BCUT2D eigenvalue weighted by molar-refractivity contribution is 14.0. The van der Waals surface area contributed by atoms with Gasteiger partial charge >= 0.3 is 0 Å². The number of benzene rings is 1. The van der Waals surface area contributed by atoms with Gasteiger partial charge in [0.1, 0.15) is 6.54 Å². The minimum Gasteiger partial charge on any atom is -0.369 e. The number of fused-ring (bicyclic) bond motifs is 1. The van der Waals surface area contributed by atoms with Crippen LogP contribution >= 0.6 is 39.9 Å². The predicted molar refractivity (Wildman–Crippen MR) is 131 cm³/mol. The van der Waals surface area contributed by atoms with Crippen molar-refractivity contribution in [2.24, 2.45) is 4.99 Å². The van der Waals surface area contributed by atoms with Crippen LogP contribution in [0.2, 0.25) is 0 Å². The van der Waals surface area contributed by atoms with Crippen LogP contribution in [0, 0.1) is 0 Å². The van der Waals surface area contributed by atoms with E-state index in [1.54, 1.807) is 0 Å². The average molecular weight is 570 g/mol. The molecule has 29 heavy (non-hydrogen) atoms. The van der Waals surface area contributed by atoms with Gasteiger partial charge in [-0.05, 0) is 49.7 Å². The first-order chi connectivity index (χ1) is 13.7. The fourth-order valence-electron chi connectivity index (χ4n) is 3.43. The Hall–Kier alpha value is -1.88.